The van der Waals surface area contributed by atoms with Gasteiger partial charge in [-0.25, -0.2) is 9.97 Å². The first kappa shape index (κ1) is 13.4. The van der Waals surface area contributed by atoms with E-state index in [1.807, 2.05) is 13.1 Å². The zero-order chi connectivity index (χ0) is 13.2. The molecule has 1 aromatic rings. The summed E-state index contributed by atoms with van der Waals surface area (Å²) < 4.78 is 5.04. The van der Waals surface area contributed by atoms with E-state index in [2.05, 4.69) is 35.2 Å². The highest BCUT2D eigenvalue weighted by Crippen LogP contribution is 2.63. The maximum absolute atomic E-state index is 5.04. The van der Waals surface area contributed by atoms with Gasteiger partial charge in [0.2, 0.25) is 0 Å². The highest BCUT2D eigenvalue weighted by molar-refractivity contribution is 5.25. The summed E-state index contributed by atoms with van der Waals surface area (Å²) in [7, 11) is 1.73. The van der Waals surface area contributed by atoms with Gasteiger partial charge in [0.05, 0.1) is 6.61 Å². The fourth-order valence-corrected chi connectivity index (χ4v) is 2.79. The molecule has 1 aliphatic rings. The van der Waals surface area contributed by atoms with Crippen LogP contribution in [0.2, 0.25) is 0 Å². The van der Waals surface area contributed by atoms with Gasteiger partial charge in [0, 0.05) is 31.5 Å². The van der Waals surface area contributed by atoms with Gasteiger partial charge in [-0.2, -0.15) is 0 Å². The van der Waals surface area contributed by atoms with E-state index in [1.165, 1.54) is 5.69 Å². The second kappa shape index (κ2) is 5.33. The first-order valence-electron chi connectivity index (χ1n) is 6.56. The van der Waals surface area contributed by atoms with Gasteiger partial charge in [-0.3, -0.25) is 0 Å². The van der Waals surface area contributed by atoms with E-state index in [9.17, 15) is 0 Å². The summed E-state index contributed by atoms with van der Waals surface area (Å²) >= 11 is 0. The number of nitrogens with one attached hydrogen (secondary N) is 1. The summed E-state index contributed by atoms with van der Waals surface area (Å²) in [6.07, 6.45) is 1.86. The first-order valence-corrected chi connectivity index (χ1v) is 6.56. The number of methoxy groups -OCH3 is 1. The molecule has 0 aliphatic heterocycles. The van der Waals surface area contributed by atoms with E-state index in [-0.39, 0.29) is 0 Å². The zero-order valence-corrected chi connectivity index (χ0v) is 11.7. The predicted molar refractivity (Wildman–Crippen MR) is 71.5 cm³/mol. The number of aryl methyl sites for hydroxylation is 1. The summed E-state index contributed by atoms with van der Waals surface area (Å²) in [4.78, 5) is 8.73. The standard InChI is InChI=1S/C14H23N3O/c1-10-16-6-5-12(17-10)13-11(14(13,2)3)9-15-7-8-18-4/h5-6,11,13,15H,7-9H2,1-4H3. The van der Waals surface area contributed by atoms with E-state index in [0.29, 0.717) is 17.3 Å². The fraction of sp³-hybridized carbons (Fsp3) is 0.714. The molecule has 0 saturated heterocycles. The molecule has 1 fully saturated rings. The van der Waals surface area contributed by atoms with Gasteiger partial charge in [0.15, 0.2) is 0 Å². The third-order valence-electron chi connectivity index (χ3n) is 4.01. The van der Waals surface area contributed by atoms with Crippen LogP contribution in [-0.2, 0) is 4.74 Å². The van der Waals surface area contributed by atoms with Crippen molar-refractivity contribution in [3.05, 3.63) is 23.8 Å². The Hall–Kier alpha value is -1.00. The quantitative estimate of drug-likeness (QED) is 0.780. The minimum atomic E-state index is 0.334. The van der Waals surface area contributed by atoms with Crippen LogP contribution in [0, 0.1) is 18.3 Å². The molecule has 1 aromatic heterocycles. The number of rotatable bonds is 6. The maximum Gasteiger partial charge on any atom is 0.125 e. The highest BCUT2D eigenvalue weighted by Gasteiger charge is 2.58. The normalized spacial score (nSPS) is 25.1. The zero-order valence-electron chi connectivity index (χ0n) is 11.7. The number of hydrogen-bond acceptors (Lipinski definition) is 4. The molecule has 18 heavy (non-hydrogen) atoms. The molecule has 1 N–H and O–H groups in total. The first-order chi connectivity index (χ1) is 8.57. The molecular formula is C14H23N3O. The molecule has 100 valence electrons. The van der Waals surface area contributed by atoms with Crippen molar-refractivity contribution in [1.82, 2.24) is 15.3 Å². The van der Waals surface area contributed by atoms with Gasteiger partial charge in [-0.1, -0.05) is 13.8 Å². The van der Waals surface area contributed by atoms with Crippen LogP contribution in [0.3, 0.4) is 0 Å². The largest absolute Gasteiger partial charge is 0.383 e. The lowest BCUT2D eigenvalue weighted by Gasteiger charge is -2.04. The van der Waals surface area contributed by atoms with Gasteiger partial charge in [0.1, 0.15) is 5.82 Å². The number of ether oxygens (including phenoxy) is 1. The molecule has 4 heteroatoms. The van der Waals surface area contributed by atoms with Crippen LogP contribution in [0.1, 0.15) is 31.3 Å². The molecule has 4 nitrogen and oxygen atoms in total. The topological polar surface area (TPSA) is 47.0 Å². The van der Waals surface area contributed by atoms with Gasteiger partial charge in [-0.05, 0) is 30.9 Å². The van der Waals surface area contributed by atoms with Crippen LogP contribution < -0.4 is 5.32 Å². The van der Waals surface area contributed by atoms with Gasteiger partial charge in [0.25, 0.3) is 0 Å². The summed E-state index contributed by atoms with van der Waals surface area (Å²) in [6.45, 7) is 9.30. The lowest BCUT2D eigenvalue weighted by molar-refractivity contribution is 0.198. The van der Waals surface area contributed by atoms with Crippen LogP contribution in [0.15, 0.2) is 12.3 Å². The Balaban J connectivity index is 1.94. The van der Waals surface area contributed by atoms with Crippen molar-refractivity contribution in [3.8, 4) is 0 Å². The molecule has 2 rings (SSSR count). The fourth-order valence-electron chi connectivity index (χ4n) is 2.79. The Morgan fingerprint density at radius 3 is 2.89 bits per heavy atom. The molecule has 2 atom stereocenters. The second-order valence-electron chi connectivity index (χ2n) is 5.63. The minimum absolute atomic E-state index is 0.334. The van der Waals surface area contributed by atoms with Gasteiger partial charge in [-0.15, -0.1) is 0 Å². The lowest BCUT2D eigenvalue weighted by Crippen LogP contribution is -2.22. The molecule has 1 heterocycles. The Bertz CT molecular complexity index is 406. The van der Waals surface area contributed by atoms with Gasteiger partial charge >= 0.3 is 0 Å². The predicted octanol–water partition coefficient (Wildman–Crippen LogP) is 1.76. The lowest BCUT2D eigenvalue weighted by atomic mass is 10.1. The van der Waals surface area contributed by atoms with Gasteiger partial charge < -0.3 is 10.1 Å². The molecule has 0 bridgehead atoms. The van der Waals surface area contributed by atoms with E-state index in [0.717, 1.165) is 25.5 Å². The molecule has 0 radical (unpaired) electrons. The Kier molecular flexibility index (Phi) is 3.97. The van der Waals surface area contributed by atoms with Crippen molar-refractivity contribution in [2.45, 2.75) is 26.7 Å². The highest BCUT2D eigenvalue weighted by atomic mass is 16.5. The minimum Gasteiger partial charge on any atom is -0.383 e. The van der Waals surface area contributed by atoms with Crippen molar-refractivity contribution in [2.24, 2.45) is 11.3 Å². The Morgan fingerprint density at radius 2 is 2.22 bits per heavy atom. The molecule has 2 unspecified atom stereocenters. The third kappa shape index (κ3) is 2.70. The Morgan fingerprint density at radius 1 is 1.44 bits per heavy atom. The number of hydrogen-bond donors (Lipinski definition) is 1. The van der Waals surface area contributed by atoms with Crippen molar-refractivity contribution < 1.29 is 4.74 Å². The Labute approximate surface area is 109 Å². The summed E-state index contributed by atoms with van der Waals surface area (Å²) in [5.74, 6) is 2.07. The van der Waals surface area contributed by atoms with E-state index < -0.39 is 0 Å². The summed E-state index contributed by atoms with van der Waals surface area (Å²) in [5, 5.41) is 3.45. The van der Waals surface area contributed by atoms with Crippen LogP contribution in [-0.4, -0.2) is 36.8 Å². The van der Waals surface area contributed by atoms with Crippen molar-refractivity contribution in [3.63, 3.8) is 0 Å². The van der Waals surface area contributed by atoms with Crippen LogP contribution in [0.25, 0.3) is 0 Å². The van der Waals surface area contributed by atoms with Crippen LogP contribution in [0.4, 0.5) is 0 Å². The molecular weight excluding hydrogens is 226 g/mol. The monoisotopic (exact) mass is 249 g/mol. The maximum atomic E-state index is 5.04. The van der Waals surface area contributed by atoms with Crippen molar-refractivity contribution in [2.75, 3.05) is 26.8 Å². The second-order valence-corrected chi connectivity index (χ2v) is 5.63. The van der Waals surface area contributed by atoms with E-state index >= 15 is 0 Å². The SMILES string of the molecule is COCCNCC1C(c2ccnc(C)n2)C1(C)C. The number of nitrogens with zero attached hydrogens (tertiary/aromatic N) is 2. The van der Waals surface area contributed by atoms with Crippen LogP contribution >= 0.6 is 0 Å². The summed E-state index contributed by atoms with van der Waals surface area (Å²) in [5.41, 5.74) is 1.52. The van der Waals surface area contributed by atoms with Crippen molar-refractivity contribution in [1.29, 1.82) is 0 Å². The summed E-state index contributed by atoms with van der Waals surface area (Å²) in [6, 6.07) is 2.05. The van der Waals surface area contributed by atoms with E-state index in [1.54, 1.807) is 7.11 Å². The molecule has 0 spiro atoms. The van der Waals surface area contributed by atoms with Crippen molar-refractivity contribution >= 4 is 0 Å². The average Bonchev–Trinajstić information content (AvgIpc) is 2.87. The molecule has 0 aromatic carbocycles. The third-order valence-corrected chi connectivity index (χ3v) is 4.01. The molecule has 0 amide bonds. The van der Waals surface area contributed by atoms with Crippen LogP contribution in [0.5, 0.6) is 0 Å². The van der Waals surface area contributed by atoms with E-state index in [4.69, 9.17) is 4.74 Å². The molecule has 1 saturated carbocycles. The smallest absolute Gasteiger partial charge is 0.125 e. The average molecular weight is 249 g/mol. The molecule has 1 aliphatic carbocycles. The number of aromatic nitrogens is 2.